The number of benzene rings is 1. The quantitative estimate of drug-likeness (QED) is 0.840. The number of hydrogen-bond acceptors (Lipinski definition) is 3. The third-order valence-corrected chi connectivity index (χ3v) is 2.62. The first-order chi connectivity index (χ1) is 7.99. The van der Waals surface area contributed by atoms with Gasteiger partial charge in [0.05, 0.1) is 5.02 Å². The molecule has 0 fully saturated rings. The normalized spacial score (nSPS) is 12.8. The number of hydrogen-bond donors (Lipinski definition) is 2. The van der Waals surface area contributed by atoms with Gasteiger partial charge in [0.1, 0.15) is 18.5 Å². The molecular formula is C12H17Cl2NO2. The van der Waals surface area contributed by atoms with Gasteiger partial charge in [-0.15, -0.1) is 0 Å². The lowest BCUT2D eigenvalue weighted by Crippen LogP contribution is -2.35. The van der Waals surface area contributed by atoms with Crippen molar-refractivity contribution in [3.8, 4) is 5.75 Å². The molecule has 0 bridgehead atoms. The zero-order valence-electron chi connectivity index (χ0n) is 9.91. The Bertz CT molecular complexity index is 358. The van der Waals surface area contributed by atoms with Crippen LogP contribution >= 0.6 is 23.2 Å². The van der Waals surface area contributed by atoms with E-state index in [1.807, 2.05) is 13.8 Å². The molecule has 1 atom stereocenters. The van der Waals surface area contributed by atoms with E-state index in [9.17, 15) is 5.11 Å². The highest BCUT2D eigenvalue weighted by molar-refractivity contribution is 6.35. The van der Waals surface area contributed by atoms with E-state index in [2.05, 4.69) is 5.32 Å². The molecule has 0 spiro atoms. The lowest BCUT2D eigenvalue weighted by atomic mass is 10.3. The molecular weight excluding hydrogens is 261 g/mol. The van der Waals surface area contributed by atoms with Crippen LogP contribution in [0.15, 0.2) is 18.2 Å². The van der Waals surface area contributed by atoms with Crippen molar-refractivity contribution in [2.45, 2.75) is 26.0 Å². The molecule has 0 aliphatic carbocycles. The Morgan fingerprint density at radius 2 is 2.06 bits per heavy atom. The predicted octanol–water partition coefficient (Wildman–Crippen LogP) is 2.73. The molecule has 0 unspecified atom stereocenters. The zero-order valence-corrected chi connectivity index (χ0v) is 11.4. The zero-order chi connectivity index (χ0) is 12.8. The Hall–Kier alpha value is -0.480. The molecule has 5 heteroatoms. The lowest BCUT2D eigenvalue weighted by molar-refractivity contribution is 0.105. The van der Waals surface area contributed by atoms with Crippen LogP contribution in [0.2, 0.25) is 10.0 Å². The number of rotatable bonds is 6. The molecule has 3 nitrogen and oxygen atoms in total. The minimum atomic E-state index is -0.566. The van der Waals surface area contributed by atoms with Crippen LogP contribution in [0.1, 0.15) is 13.8 Å². The molecule has 0 aliphatic heterocycles. The van der Waals surface area contributed by atoms with Gasteiger partial charge in [0, 0.05) is 17.6 Å². The van der Waals surface area contributed by atoms with Crippen molar-refractivity contribution >= 4 is 23.2 Å². The van der Waals surface area contributed by atoms with Crippen LogP contribution in [-0.4, -0.2) is 30.4 Å². The summed E-state index contributed by atoms with van der Waals surface area (Å²) in [6.07, 6.45) is -0.566. The maximum Gasteiger partial charge on any atom is 0.138 e. The highest BCUT2D eigenvalue weighted by Crippen LogP contribution is 2.27. The van der Waals surface area contributed by atoms with Gasteiger partial charge in [-0.05, 0) is 18.2 Å². The van der Waals surface area contributed by atoms with Crippen LogP contribution < -0.4 is 10.1 Å². The van der Waals surface area contributed by atoms with E-state index in [1.54, 1.807) is 18.2 Å². The minimum absolute atomic E-state index is 0.196. The third-order valence-electron chi connectivity index (χ3n) is 2.09. The first-order valence-corrected chi connectivity index (χ1v) is 6.24. The van der Waals surface area contributed by atoms with Crippen molar-refractivity contribution < 1.29 is 9.84 Å². The first kappa shape index (κ1) is 14.6. The molecule has 1 aromatic rings. The monoisotopic (exact) mass is 277 g/mol. The van der Waals surface area contributed by atoms with Crippen LogP contribution in [-0.2, 0) is 0 Å². The van der Waals surface area contributed by atoms with Crippen molar-refractivity contribution in [3.63, 3.8) is 0 Å². The molecule has 1 rings (SSSR count). The molecule has 2 N–H and O–H groups in total. The number of aliphatic hydroxyl groups excluding tert-OH is 1. The second-order valence-corrected chi connectivity index (χ2v) is 4.95. The van der Waals surface area contributed by atoms with Crippen LogP contribution in [0.3, 0.4) is 0 Å². The van der Waals surface area contributed by atoms with Crippen molar-refractivity contribution in [1.82, 2.24) is 5.32 Å². The summed E-state index contributed by atoms with van der Waals surface area (Å²) in [4.78, 5) is 0. The smallest absolute Gasteiger partial charge is 0.138 e. The van der Waals surface area contributed by atoms with Crippen molar-refractivity contribution in [1.29, 1.82) is 0 Å². The van der Waals surface area contributed by atoms with Gasteiger partial charge in [-0.1, -0.05) is 37.0 Å². The van der Waals surface area contributed by atoms with E-state index in [1.165, 1.54) is 0 Å². The van der Waals surface area contributed by atoms with E-state index in [0.717, 1.165) is 0 Å². The summed E-state index contributed by atoms with van der Waals surface area (Å²) in [5, 5.41) is 13.8. The fourth-order valence-corrected chi connectivity index (χ4v) is 1.67. The Kier molecular flexibility index (Phi) is 6.06. The fraction of sp³-hybridized carbons (Fsp3) is 0.500. The molecule has 17 heavy (non-hydrogen) atoms. The van der Waals surface area contributed by atoms with Gasteiger partial charge < -0.3 is 15.2 Å². The van der Waals surface area contributed by atoms with E-state index in [4.69, 9.17) is 27.9 Å². The highest BCUT2D eigenvalue weighted by Gasteiger charge is 2.08. The minimum Gasteiger partial charge on any atom is -0.489 e. The van der Waals surface area contributed by atoms with Crippen molar-refractivity contribution in [2.24, 2.45) is 0 Å². The molecule has 0 saturated carbocycles. The third kappa shape index (κ3) is 5.59. The number of nitrogens with one attached hydrogen (secondary N) is 1. The second-order valence-electron chi connectivity index (χ2n) is 4.10. The lowest BCUT2D eigenvalue weighted by Gasteiger charge is -2.15. The molecule has 0 radical (unpaired) electrons. The average Bonchev–Trinajstić information content (AvgIpc) is 2.25. The van der Waals surface area contributed by atoms with Crippen LogP contribution in [0, 0.1) is 0 Å². The van der Waals surface area contributed by atoms with Crippen LogP contribution in [0.5, 0.6) is 5.75 Å². The SMILES string of the molecule is CC(C)NC[C@H](O)COc1ccc(Cl)cc1Cl. The van der Waals surface area contributed by atoms with Crippen LogP contribution in [0.4, 0.5) is 0 Å². The van der Waals surface area contributed by atoms with Gasteiger partial charge in [0.25, 0.3) is 0 Å². The van der Waals surface area contributed by atoms with E-state index in [-0.39, 0.29) is 6.61 Å². The maximum atomic E-state index is 9.65. The van der Waals surface area contributed by atoms with Crippen molar-refractivity contribution in [3.05, 3.63) is 28.2 Å². The first-order valence-electron chi connectivity index (χ1n) is 5.48. The largest absolute Gasteiger partial charge is 0.489 e. The molecule has 0 amide bonds. The summed E-state index contributed by atoms with van der Waals surface area (Å²) in [6, 6.07) is 5.33. The summed E-state index contributed by atoms with van der Waals surface area (Å²) < 4.78 is 5.41. The van der Waals surface area contributed by atoms with E-state index >= 15 is 0 Å². The summed E-state index contributed by atoms with van der Waals surface area (Å²) in [6.45, 7) is 4.72. The van der Waals surface area contributed by atoms with Gasteiger partial charge in [-0.2, -0.15) is 0 Å². The Balaban J connectivity index is 2.39. The number of halogens is 2. The van der Waals surface area contributed by atoms with Gasteiger partial charge in [0.15, 0.2) is 0 Å². The molecule has 0 heterocycles. The van der Waals surface area contributed by atoms with Gasteiger partial charge in [-0.3, -0.25) is 0 Å². The molecule has 0 aliphatic rings. The Labute approximate surface area is 112 Å². The molecule has 1 aromatic carbocycles. The van der Waals surface area contributed by atoms with Gasteiger partial charge in [0.2, 0.25) is 0 Å². The number of ether oxygens (including phenoxy) is 1. The van der Waals surface area contributed by atoms with Gasteiger partial charge >= 0.3 is 0 Å². The molecule has 0 aromatic heterocycles. The van der Waals surface area contributed by atoms with E-state index in [0.29, 0.717) is 28.4 Å². The standard InChI is InChI=1S/C12H17Cl2NO2/c1-8(2)15-6-10(16)7-17-12-4-3-9(13)5-11(12)14/h3-5,8,10,15-16H,6-7H2,1-2H3/t10-/m0/s1. The summed E-state index contributed by atoms with van der Waals surface area (Å²) in [5.41, 5.74) is 0. The fourth-order valence-electron chi connectivity index (χ4n) is 1.21. The maximum absolute atomic E-state index is 9.65. The Morgan fingerprint density at radius 3 is 2.65 bits per heavy atom. The van der Waals surface area contributed by atoms with Gasteiger partial charge in [-0.25, -0.2) is 0 Å². The summed E-state index contributed by atoms with van der Waals surface area (Å²) in [5.74, 6) is 0.527. The van der Waals surface area contributed by atoms with Crippen LogP contribution in [0.25, 0.3) is 0 Å². The number of aliphatic hydroxyl groups is 1. The van der Waals surface area contributed by atoms with E-state index < -0.39 is 6.10 Å². The molecule has 0 saturated heterocycles. The Morgan fingerprint density at radius 1 is 1.35 bits per heavy atom. The van der Waals surface area contributed by atoms with Crippen molar-refractivity contribution in [2.75, 3.05) is 13.2 Å². The average molecular weight is 278 g/mol. The summed E-state index contributed by atoms with van der Waals surface area (Å²) in [7, 11) is 0. The highest BCUT2D eigenvalue weighted by atomic mass is 35.5. The molecule has 96 valence electrons. The second kappa shape index (κ2) is 7.07. The topological polar surface area (TPSA) is 41.5 Å². The summed E-state index contributed by atoms with van der Waals surface area (Å²) >= 11 is 11.7. The predicted molar refractivity (Wildman–Crippen MR) is 71.1 cm³/mol.